The number of amides is 1. The Hall–Kier alpha value is -1.09. The Bertz CT molecular complexity index is 478. The van der Waals surface area contributed by atoms with E-state index in [1.54, 1.807) is 0 Å². The van der Waals surface area contributed by atoms with Crippen molar-refractivity contribution in [2.45, 2.75) is 25.7 Å². The summed E-state index contributed by atoms with van der Waals surface area (Å²) >= 11 is 3.40. The van der Waals surface area contributed by atoms with E-state index < -0.39 is 0 Å². The number of hydrogen-bond acceptors (Lipinski definition) is 1. The predicted molar refractivity (Wildman–Crippen MR) is 80.8 cm³/mol. The predicted octanol–water partition coefficient (Wildman–Crippen LogP) is 4.38. The lowest BCUT2D eigenvalue weighted by Gasteiger charge is -2.04. The minimum atomic E-state index is 0.208. The number of hydrogen-bond donors (Lipinski definition) is 1. The van der Waals surface area contributed by atoms with Crippen LogP contribution in [0.25, 0.3) is 0 Å². The van der Waals surface area contributed by atoms with Crippen molar-refractivity contribution in [1.82, 2.24) is 0 Å². The maximum atomic E-state index is 12.3. The van der Waals surface area contributed by atoms with Crippen molar-refractivity contribution in [3.8, 4) is 0 Å². The van der Waals surface area contributed by atoms with E-state index in [-0.39, 0.29) is 11.8 Å². The first-order valence-electron chi connectivity index (χ1n) is 6.97. The highest BCUT2D eigenvalue weighted by atomic mass is 79.9. The summed E-state index contributed by atoms with van der Waals surface area (Å²) in [7, 11) is 0. The van der Waals surface area contributed by atoms with E-state index in [1.807, 2.05) is 24.3 Å². The van der Waals surface area contributed by atoms with Gasteiger partial charge in [0.1, 0.15) is 0 Å². The van der Waals surface area contributed by atoms with Crippen LogP contribution in [0.1, 0.15) is 25.7 Å². The summed E-state index contributed by atoms with van der Waals surface area (Å²) in [6.45, 7) is 0. The number of anilines is 1. The number of benzene rings is 1. The average Bonchev–Trinajstić information content (AvgIpc) is 3.03. The molecule has 0 spiro atoms. The lowest BCUT2D eigenvalue weighted by Crippen LogP contribution is -2.15. The molecule has 2 aliphatic carbocycles. The minimum absolute atomic E-state index is 0.208. The van der Waals surface area contributed by atoms with Crippen molar-refractivity contribution in [3.05, 3.63) is 40.9 Å². The zero-order valence-corrected chi connectivity index (χ0v) is 12.4. The van der Waals surface area contributed by atoms with Gasteiger partial charge in [-0.15, -0.1) is 0 Å². The molecule has 0 aromatic heterocycles. The molecule has 0 heterocycles. The van der Waals surface area contributed by atoms with Crippen LogP contribution in [0.15, 0.2) is 40.9 Å². The summed E-state index contributed by atoms with van der Waals surface area (Å²) in [5.74, 6) is 1.67. The molecule has 1 amide bonds. The van der Waals surface area contributed by atoms with E-state index in [0.717, 1.165) is 23.0 Å². The van der Waals surface area contributed by atoms with Crippen LogP contribution >= 0.6 is 15.9 Å². The number of nitrogens with one attached hydrogen (secondary N) is 1. The van der Waals surface area contributed by atoms with Crippen LogP contribution in [0.3, 0.4) is 0 Å². The van der Waals surface area contributed by atoms with Crippen LogP contribution in [0.2, 0.25) is 0 Å². The third-order valence-electron chi connectivity index (χ3n) is 4.25. The standard InChI is InChI=1S/C16H18BrNO/c17-11-7-9-12(10-8-11)18-16(19)15-13-5-3-1-2-4-6-14(13)15/h1-2,7-10,13-15H,3-6H2,(H,18,19)/b2-1-. The van der Waals surface area contributed by atoms with Gasteiger partial charge in [0.25, 0.3) is 0 Å². The maximum Gasteiger partial charge on any atom is 0.228 e. The third kappa shape index (κ3) is 2.92. The van der Waals surface area contributed by atoms with Crippen LogP contribution in [0, 0.1) is 17.8 Å². The monoisotopic (exact) mass is 319 g/mol. The number of allylic oxidation sites excluding steroid dienone is 2. The van der Waals surface area contributed by atoms with Gasteiger partial charge >= 0.3 is 0 Å². The number of fused-ring (bicyclic) bond motifs is 1. The van der Waals surface area contributed by atoms with Gasteiger partial charge in [-0.2, -0.15) is 0 Å². The zero-order valence-electron chi connectivity index (χ0n) is 10.8. The number of carbonyl (C=O) groups is 1. The lowest BCUT2D eigenvalue weighted by molar-refractivity contribution is -0.117. The second kappa shape index (κ2) is 5.49. The molecule has 1 aromatic rings. The van der Waals surface area contributed by atoms with E-state index in [4.69, 9.17) is 0 Å². The summed E-state index contributed by atoms with van der Waals surface area (Å²) in [6, 6.07) is 7.78. The van der Waals surface area contributed by atoms with E-state index in [0.29, 0.717) is 11.8 Å². The van der Waals surface area contributed by atoms with Crippen LogP contribution in [0.4, 0.5) is 5.69 Å². The molecule has 1 N–H and O–H groups in total. The highest BCUT2D eigenvalue weighted by Gasteiger charge is 2.53. The molecule has 0 bridgehead atoms. The molecule has 2 atom stereocenters. The van der Waals surface area contributed by atoms with Gasteiger partial charge in [0.15, 0.2) is 0 Å². The molecule has 19 heavy (non-hydrogen) atoms. The summed E-state index contributed by atoms with van der Waals surface area (Å²) in [6.07, 6.45) is 9.11. The molecule has 3 rings (SSSR count). The SMILES string of the molecule is O=C(Nc1ccc(Br)cc1)C1C2CC/C=C\CCC21. The molecule has 2 unspecified atom stereocenters. The molecule has 2 aliphatic rings. The van der Waals surface area contributed by atoms with Gasteiger partial charge in [-0.3, -0.25) is 4.79 Å². The van der Waals surface area contributed by atoms with Crippen molar-refractivity contribution in [2.75, 3.05) is 5.32 Å². The van der Waals surface area contributed by atoms with Gasteiger partial charge in [0.05, 0.1) is 0 Å². The Kier molecular flexibility index (Phi) is 3.74. The normalized spacial score (nSPS) is 30.7. The van der Waals surface area contributed by atoms with Gasteiger partial charge in [-0.25, -0.2) is 0 Å². The lowest BCUT2D eigenvalue weighted by atomic mass is 10.1. The maximum absolute atomic E-state index is 12.3. The molecule has 0 saturated heterocycles. The molecule has 1 fully saturated rings. The molecule has 0 aliphatic heterocycles. The van der Waals surface area contributed by atoms with E-state index in [1.165, 1.54) is 12.8 Å². The Balaban J connectivity index is 1.61. The molecule has 100 valence electrons. The Morgan fingerprint density at radius 1 is 1.05 bits per heavy atom. The highest BCUT2D eigenvalue weighted by molar-refractivity contribution is 9.10. The van der Waals surface area contributed by atoms with E-state index in [2.05, 4.69) is 33.4 Å². The fourth-order valence-corrected chi connectivity index (χ4v) is 3.46. The fourth-order valence-electron chi connectivity index (χ4n) is 3.19. The first kappa shape index (κ1) is 12.9. The first-order chi connectivity index (χ1) is 9.25. The van der Waals surface area contributed by atoms with Gasteiger partial charge in [-0.05, 0) is 61.8 Å². The Morgan fingerprint density at radius 2 is 1.63 bits per heavy atom. The molecule has 0 radical (unpaired) electrons. The van der Waals surface area contributed by atoms with E-state index in [9.17, 15) is 4.79 Å². The minimum Gasteiger partial charge on any atom is -0.326 e. The van der Waals surface area contributed by atoms with Crippen LogP contribution in [0.5, 0.6) is 0 Å². The Labute approximate surface area is 122 Å². The van der Waals surface area contributed by atoms with Gasteiger partial charge in [-0.1, -0.05) is 28.1 Å². The molecule has 3 heteroatoms. The summed E-state index contributed by atoms with van der Waals surface area (Å²) in [5.41, 5.74) is 0.894. The summed E-state index contributed by atoms with van der Waals surface area (Å²) < 4.78 is 1.03. The molecule has 1 aromatic carbocycles. The quantitative estimate of drug-likeness (QED) is 0.805. The molecular weight excluding hydrogens is 302 g/mol. The second-order valence-corrected chi connectivity index (χ2v) is 6.39. The second-order valence-electron chi connectivity index (χ2n) is 5.48. The smallest absolute Gasteiger partial charge is 0.228 e. The average molecular weight is 320 g/mol. The largest absolute Gasteiger partial charge is 0.326 e. The fraction of sp³-hybridized carbons (Fsp3) is 0.438. The zero-order chi connectivity index (χ0) is 13.2. The van der Waals surface area contributed by atoms with Crippen LogP contribution in [-0.2, 0) is 4.79 Å². The van der Waals surface area contributed by atoms with Gasteiger partial charge < -0.3 is 5.32 Å². The number of rotatable bonds is 2. The van der Waals surface area contributed by atoms with Gasteiger partial charge in [0, 0.05) is 16.1 Å². The van der Waals surface area contributed by atoms with E-state index >= 15 is 0 Å². The highest BCUT2D eigenvalue weighted by Crippen LogP contribution is 2.53. The molecule has 1 saturated carbocycles. The topological polar surface area (TPSA) is 29.1 Å². The van der Waals surface area contributed by atoms with Gasteiger partial charge in [0.2, 0.25) is 5.91 Å². The molecule has 2 nitrogen and oxygen atoms in total. The van der Waals surface area contributed by atoms with Crippen molar-refractivity contribution < 1.29 is 4.79 Å². The first-order valence-corrected chi connectivity index (χ1v) is 7.76. The summed E-state index contributed by atoms with van der Waals surface area (Å²) in [4.78, 5) is 12.3. The van der Waals surface area contributed by atoms with Crippen LogP contribution in [-0.4, -0.2) is 5.91 Å². The van der Waals surface area contributed by atoms with Crippen molar-refractivity contribution >= 4 is 27.5 Å². The van der Waals surface area contributed by atoms with Crippen LogP contribution < -0.4 is 5.32 Å². The molecular formula is C16H18BrNO. The van der Waals surface area contributed by atoms with Crippen molar-refractivity contribution in [2.24, 2.45) is 17.8 Å². The van der Waals surface area contributed by atoms with Crippen molar-refractivity contribution in [1.29, 1.82) is 0 Å². The third-order valence-corrected chi connectivity index (χ3v) is 4.77. The number of halogens is 1. The number of carbonyl (C=O) groups excluding carboxylic acids is 1. The summed E-state index contributed by atoms with van der Waals surface area (Å²) in [5, 5.41) is 3.05. The van der Waals surface area contributed by atoms with Crippen molar-refractivity contribution in [3.63, 3.8) is 0 Å². The Morgan fingerprint density at radius 3 is 2.21 bits per heavy atom.